The van der Waals surface area contributed by atoms with Crippen molar-refractivity contribution in [3.05, 3.63) is 35.9 Å². The van der Waals surface area contributed by atoms with E-state index < -0.39 is 6.10 Å². The topological polar surface area (TPSA) is 46.5 Å². The largest absolute Gasteiger partial charge is 0.460 e. The van der Waals surface area contributed by atoms with Crippen LogP contribution in [0.1, 0.15) is 115 Å². The molecule has 0 saturated carbocycles. The van der Waals surface area contributed by atoms with E-state index in [-0.39, 0.29) is 18.0 Å². The van der Waals surface area contributed by atoms with Crippen molar-refractivity contribution in [2.75, 3.05) is 0 Å². The summed E-state index contributed by atoms with van der Waals surface area (Å²) in [6.45, 7) is 1.77. The lowest BCUT2D eigenvalue weighted by Crippen LogP contribution is -2.24. The number of ether oxygens (including phenoxy) is 1. The van der Waals surface area contributed by atoms with Gasteiger partial charge in [0.1, 0.15) is 12.2 Å². The molecule has 176 valence electrons. The van der Waals surface area contributed by atoms with Crippen LogP contribution in [0.4, 0.5) is 0 Å². The summed E-state index contributed by atoms with van der Waals surface area (Å²) in [5.41, 5.74) is 1.48. The normalized spacial score (nSPS) is 20.8. The van der Waals surface area contributed by atoms with Crippen LogP contribution >= 0.6 is 0 Å². The van der Waals surface area contributed by atoms with Crippen LogP contribution in [0, 0.1) is 5.92 Å². The molecule has 1 aliphatic heterocycles. The number of hydrogen-bond acceptors (Lipinski definition) is 3. The lowest BCUT2D eigenvalue weighted by atomic mass is 9.95. The fourth-order valence-corrected chi connectivity index (χ4v) is 4.73. The molecule has 0 aromatic heterocycles. The van der Waals surface area contributed by atoms with E-state index in [4.69, 9.17) is 4.74 Å². The second kappa shape index (κ2) is 16.3. The number of aryl methyl sites for hydroxylation is 1. The van der Waals surface area contributed by atoms with Crippen molar-refractivity contribution in [1.29, 1.82) is 0 Å². The molecule has 2 rings (SSSR count). The third kappa shape index (κ3) is 11.2. The molecule has 1 aliphatic rings. The Hall–Kier alpha value is -1.35. The number of aliphatic hydroxyl groups is 1. The van der Waals surface area contributed by atoms with E-state index in [1.807, 2.05) is 0 Å². The molecule has 3 nitrogen and oxygen atoms in total. The number of esters is 1. The van der Waals surface area contributed by atoms with Crippen LogP contribution in [0.15, 0.2) is 30.3 Å². The van der Waals surface area contributed by atoms with Gasteiger partial charge in [-0.2, -0.15) is 0 Å². The summed E-state index contributed by atoms with van der Waals surface area (Å²) in [7, 11) is 0. The fraction of sp³-hybridized carbons (Fsp3) is 0.750. The Bertz CT molecular complexity index is 571. The number of hydrogen-bond donors (Lipinski definition) is 1. The second-order valence-corrected chi connectivity index (χ2v) is 9.57. The lowest BCUT2D eigenvalue weighted by molar-refractivity contribution is -0.143. The summed E-state index contributed by atoms with van der Waals surface area (Å²) in [5.74, 6) is -0.493. The molecule has 3 atom stereocenters. The van der Waals surface area contributed by atoms with Crippen LogP contribution in [0.25, 0.3) is 0 Å². The molecule has 0 bridgehead atoms. The smallest absolute Gasteiger partial charge is 0.312 e. The monoisotopic (exact) mass is 430 g/mol. The summed E-state index contributed by atoms with van der Waals surface area (Å²) in [5, 5.41) is 9.95. The van der Waals surface area contributed by atoms with Crippen LogP contribution in [0.3, 0.4) is 0 Å². The van der Waals surface area contributed by atoms with Gasteiger partial charge in [0.2, 0.25) is 0 Å². The minimum atomic E-state index is -0.605. The SMILES string of the molecule is CC1OC(=O)C(CCCCCCCCCCCCCCCCCc2ccccc2)C1O. The second-order valence-electron chi connectivity index (χ2n) is 9.57. The van der Waals surface area contributed by atoms with Gasteiger partial charge in [-0.3, -0.25) is 4.79 Å². The number of cyclic esters (lactones) is 1. The van der Waals surface area contributed by atoms with E-state index >= 15 is 0 Å². The molecule has 1 N–H and O–H groups in total. The van der Waals surface area contributed by atoms with Crippen LogP contribution in [0.2, 0.25) is 0 Å². The molecule has 3 unspecified atom stereocenters. The summed E-state index contributed by atoms with van der Waals surface area (Å²) in [4.78, 5) is 11.7. The van der Waals surface area contributed by atoms with Crippen LogP contribution in [-0.4, -0.2) is 23.3 Å². The summed E-state index contributed by atoms with van der Waals surface area (Å²) < 4.78 is 5.09. The Morgan fingerprint density at radius 1 is 0.710 bits per heavy atom. The van der Waals surface area contributed by atoms with Crippen molar-refractivity contribution in [2.45, 2.75) is 128 Å². The van der Waals surface area contributed by atoms with Crippen molar-refractivity contribution in [3.8, 4) is 0 Å². The Labute approximate surface area is 191 Å². The molecule has 1 fully saturated rings. The first kappa shape index (κ1) is 25.9. The average molecular weight is 431 g/mol. The first-order valence-corrected chi connectivity index (χ1v) is 13.1. The number of rotatable bonds is 18. The van der Waals surface area contributed by atoms with Crippen molar-refractivity contribution >= 4 is 5.97 Å². The van der Waals surface area contributed by atoms with Crippen molar-refractivity contribution in [1.82, 2.24) is 0 Å². The van der Waals surface area contributed by atoms with Gasteiger partial charge in [0.25, 0.3) is 0 Å². The predicted molar refractivity (Wildman–Crippen MR) is 129 cm³/mol. The number of carbonyl (C=O) groups excluding carboxylic acids is 1. The molecule has 0 aliphatic carbocycles. The lowest BCUT2D eigenvalue weighted by Gasteiger charge is -2.11. The molecule has 1 aromatic carbocycles. The zero-order valence-corrected chi connectivity index (χ0v) is 19.9. The molecule has 0 spiro atoms. The summed E-state index contributed by atoms with van der Waals surface area (Å²) in [6.07, 6.45) is 21.0. The van der Waals surface area contributed by atoms with Crippen molar-refractivity contribution < 1.29 is 14.6 Å². The highest BCUT2D eigenvalue weighted by Crippen LogP contribution is 2.26. The molecular formula is C28H46O3. The van der Waals surface area contributed by atoms with Gasteiger partial charge in [0, 0.05) is 0 Å². The molecule has 0 amide bonds. The van der Waals surface area contributed by atoms with E-state index in [0.717, 1.165) is 19.3 Å². The van der Waals surface area contributed by atoms with Gasteiger partial charge in [0.15, 0.2) is 0 Å². The van der Waals surface area contributed by atoms with Crippen LogP contribution < -0.4 is 0 Å². The van der Waals surface area contributed by atoms with Gasteiger partial charge >= 0.3 is 5.97 Å². The highest BCUT2D eigenvalue weighted by Gasteiger charge is 2.40. The molecule has 3 heteroatoms. The molecular weight excluding hydrogens is 384 g/mol. The molecule has 0 radical (unpaired) electrons. The van der Waals surface area contributed by atoms with Gasteiger partial charge < -0.3 is 9.84 Å². The van der Waals surface area contributed by atoms with Gasteiger partial charge in [-0.05, 0) is 31.7 Å². The number of carbonyl (C=O) groups is 1. The van der Waals surface area contributed by atoms with E-state index in [2.05, 4.69) is 30.3 Å². The predicted octanol–water partition coefficient (Wildman–Crippen LogP) is 7.39. The van der Waals surface area contributed by atoms with Crippen LogP contribution in [0.5, 0.6) is 0 Å². The number of unbranched alkanes of at least 4 members (excludes halogenated alkanes) is 14. The third-order valence-electron chi connectivity index (χ3n) is 6.82. The zero-order chi connectivity index (χ0) is 22.2. The van der Waals surface area contributed by atoms with Gasteiger partial charge in [0.05, 0.1) is 5.92 Å². The highest BCUT2D eigenvalue weighted by atomic mass is 16.6. The Balaban J connectivity index is 1.26. The maximum Gasteiger partial charge on any atom is 0.312 e. The highest BCUT2D eigenvalue weighted by molar-refractivity contribution is 5.75. The van der Waals surface area contributed by atoms with Gasteiger partial charge in [-0.15, -0.1) is 0 Å². The number of benzene rings is 1. The van der Waals surface area contributed by atoms with E-state index in [0.29, 0.717) is 0 Å². The maximum absolute atomic E-state index is 11.7. The molecule has 1 saturated heterocycles. The average Bonchev–Trinajstić information content (AvgIpc) is 3.02. The van der Waals surface area contributed by atoms with Gasteiger partial charge in [-0.1, -0.05) is 120 Å². The third-order valence-corrected chi connectivity index (χ3v) is 6.82. The van der Waals surface area contributed by atoms with E-state index in [1.165, 1.54) is 95.5 Å². The van der Waals surface area contributed by atoms with E-state index in [1.54, 1.807) is 6.92 Å². The number of aliphatic hydroxyl groups excluding tert-OH is 1. The molecule has 31 heavy (non-hydrogen) atoms. The van der Waals surface area contributed by atoms with Crippen molar-refractivity contribution in [2.24, 2.45) is 5.92 Å². The first-order chi connectivity index (χ1) is 15.2. The van der Waals surface area contributed by atoms with Gasteiger partial charge in [-0.25, -0.2) is 0 Å². The van der Waals surface area contributed by atoms with Crippen molar-refractivity contribution in [3.63, 3.8) is 0 Å². The minimum Gasteiger partial charge on any atom is -0.460 e. The molecule has 1 aromatic rings. The Morgan fingerprint density at radius 3 is 1.61 bits per heavy atom. The molecule has 1 heterocycles. The maximum atomic E-state index is 11.7. The van der Waals surface area contributed by atoms with E-state index in [9.17, 15) is 9.90 Å². The summed E-state index contributed by atoms with van der Waals surface area (Å²) >= 11 is 0. The first-order valence-electron chi connectivity index (χ1n) is 13.1. The fourth-order valence-electron chi connectivity index (χ4n) is 4.73. The Kier molecular flexibility index (Phi) is 13.6. The quantitative estimate of drug-likeness (QED) is 0.195. The Morgan fingerprint density at radius 2 is 1.16 bits per heavy atom. The standard InChI is InChI=1S/C28H46O3/c1-24-27(29)26(28(30)31-24)23-19-14-12-10-8-6-4-2-3-5-7-9-11-13-16-20-25-21-17-15-18-22-25/h15,17-18,21-22,24,26-27,29H,2-14,16,19-20,23H2,1H3. The summed E-state index contributed by atoms with van der Waals surface area (Å²) in [6, 6.07) is 10.9. The van der Waals surface area contributed by atoms with Crippen LogP contribution in [-0.2, 0) is 16.0 Å². The zero-order valence-electron chi connectivity index (χ0n) is 19.9. The minimum absolute atomic E-state index is 0.206.